The van der Waals surface area contributed by atoms with Crippen LogP contribution in [0.5, 0.6) is 0 Å². The summed E-state index contributed by atoms with van der Waals surface area (Å²) in [7, 11) is 3.42. The van der Waals surface area contributed by atoms with Gasteiger partial charge in [-0.2, -0.15) is 0 Å². The highest BCUT2D eigenvalue weighted by Crippen LogP contribution is 2.32. The quantitative estimate of drug-likeness (QED) is 0.793. The Balaban J connectivity index is 1.55. The summed E-state index contributed by atoms with van der Waals surface area (Å²) in [4.78, 5) is 34.5. The summed E-state index contributed by atoms with van der Waals surface area (Å²) in [5, 5.41) is 0. The summed E-state index contributed by atoms with van der Waals surface area (Å²) < 4.78 is 6.14. The maximum atomic E-state index is 12.7. The van der Waals surface area contributed by atoms with Gasteiger partial charge in [-0.25, -0.2) is 0 Å². The molecule has 2 fully saturated rings. The predicted molar refractivity (Wildman–Crippen MR) is 97.3 cm³/mol. The van der Waals surface area contributed by atoms with Crippen LogP contribution in [0.25, 0.3) is 0 Å². The van der Waals surface area contributed by atoms with Gasteiger partial charge in [0.05, 0.1) is 30.9 Å². The standard InChI is InChI=1S/C19H28N4O3/c1-21(2)18(25)15-23-11-12-26-19(13-17(23)24)6-9-22(10-7-19)14-16-5-3-4-8-20-16/h3-5,8H,6-7,9-15H2,1-2H3. The summed E-state index contributed by atoms with van der Waals surface area (Å²) >= 11 is 0. The number of nitrogens with zero attached hydrogens (tertiary/aromatic N) is 4. The molecule has 7 heteroatoms. The van der Waals surface area contributed by atoms with E-state index in [0.717, 1.165) is 38.2 Å². The molecular formula is C19H28N4O3. The van der Waals surface area contributed by atoms with E-state index in [1.807, 2.05) is 24.4 Å². The third kappa shape index (κ3) is 4.59. The molecule has 2 saturated heterocycles. The molecule has 3 rings (SSSR count). The summed E-state index contributed by atoms with van der Waals surface area (Å²) in [5.74, 6) is -0.0321. The normalized spacial score (nSPS) is 20.8. The van der Waals surface area contributed by atoms with Crippen LogP contribution in [0, 0.1) is 0 Å². The van der Waals surface area contributed by atoms with Crippen molar-refractivity contribution in [3.05, 3.63) is 30.1 Å². The van der Waals surface area contributed by atoms with Gasteiger partial charge >= 0.3 is 0 Å². The minimum atomic E-state index is -0.381. The summed E-state index contributed by atoms with van der Waals surface area (Å²) in [6.45, 7) is 3.72. The van der Waals surface area contributed by atoms with Crippen molar-refractivity contribution in [2.75, 3.05) is 46.9 Å². The van der Waals surface area contributed by atoms with Gasteiger partial charge in [0.15, 0.2) is 0 Å². The van der Waals surface area contributed by atoms with Crippen LogP contribution in [-0.4, -0.2) is 84.0 Å². The van der Waals surface area contributed by atoms with Gasteiger partial charge in [0, 0.05) is 46.5 Å². The van der Waals surface area contributed by atoms with E-state index in [0.29, 0.717) is 19.6 Å². The molecule has 0 bridgehead atoms. The lowest BCUT2D eigenvalue weighted by atomic mass is 9.87. The zero-order valence-electron chi connectivity index (χ0n) is 15.7. The average molecular weight is 360 g/mol. The molecular weight excluding hydrogens is 332 g/mol. The molecule has 1 aromatic heterocycles. The number of rotatable bonds is 4. The Labute approximate surface area is 154 Å². The Bertz CT molecular complexity index is 627. The lowest BCUT2D eigenvalue weighted by Crippen LogP contribution is -2.47. The highest BCUT2D eigenvalue weighted by Gasteiger charge is 2.40. The fourth-order valence-corrected chi connectivity index (χ4v) is 3.57. The first-order chi connectivity index (χ1) is 12.5. The van der Waals surface area contributed by atoms with Crippen LogP contribution in [0.2, 0.25) is 0 Å². The van der Waals surface area contributed by atoms with Crippen molar-refractivity contribution in [2.24, 2.45) is 0 Å². The Morgan fingerprint density at radius 2 is 2.04 bits per heavy atom. The van der Waals surface area contributed by atoms with E-state index in [4.69, 9.17) is 4.74 Å². The topological polar surface area (TPSA) is 66.0 Å². The molecule has 1 spiro atoms. The summed E-state index contributed by atoms with van der Waals surface area (Å²) in [6, 6.07) is 5.96. The van der Waals surface area contributed by atoms with E-state index >= 15 is 0 Å². The first kappa shape index (κ1) is 18.8. The summed E-state index contributed by atoms with van der Waals surface area (Å²) in [5.41, 5.74) is 0.683. The maximum Gasteiger partial charge on any atom is 0.241 e. The molecule has 0 aliphatic carbocycles. The number of likely N-dealkylation sites (tertiary alicyclic amines) is 1. The smallest absolute Gasteiger partial charge is 0.241 e. The number of carbonyl (C=O) groups excluding carboxylic acids is 2. The van der Waals surface area contributed by atoms with Crippen molar-refractivity contribution in [1.82, 2.24) is 19.7 Å². The lowest BCUT2D eigenvalue weighted by Gasteiger charge is -2.40. The molecule has 7 nitrogen and oxygen atoms in total. The van der Waals surface area contributed by atoms with Crippen molar-refractivity contribution < 1.29 is 14.3 Å². The molecule has 142 valence electrons. The SMILES string of the molecule is CN(C)C(=O)CN1CCOC2(CCN(Cc3ccccn3)CC2)CC1=O. The van der Waals surface area contributed by atoms with Gasteiger partial charge in [0.2, 0.25) is 11.8 Å². The molecule has 2 amide bonds. The minimum absolute atomic E-state index is 0.0240. The second-order valence-electron chi connectivity index (χ2n) is 7.41. The number of ether oxygens (including phenoxy) is 1. The first-order valence-electron chi connectivity index (χ1n) is 9.22. The van der Waals surface area contributed by atoms with E-state index in [1.165, 1.54) is 4.90 Å². The van der Waals surface area contributed by atoms with Crippen molar-refractivity contribution >= 4 is 11.8 Å². The highest BCUT2D eigenvalue weighted by molar-refractivity contribution is 5.85. The van der Waals surface area contributed by atoms with Crippen molar-refractivity contribution in [2.45, 2.75) is 31.4 Å². The van der Waals surface area contributed by atoms with Crippen LogP contribution in [0.3, 0.4) is 0 Å². The fraction of sp³-hybridized carbons (Fsp3) is 0.632. The Morgan fingerprint density at radius 1 is 1.27 bits per heavy atom. The van der Waals surface area contributed by atoms with Gasteiger partial charge in [0.1, 0.15) is 0 Å². The number of piperidine rings is 1. The van der Waals surface area contributed by atoms with E-state index in [-0.39, 0.29) is 24.0 Å². The van der Waals surface area contributed by atoms with E-state index < -0.39 is 0 Å². The Kier molecular flexibility index (Phi) is 5.88. The third-order valence-corrected chi connectivity index (χ3v) is 5.30. The van der Waals surface area contributed by atoms with Gasteiger partial charge in [0.25, 0.3) is 0 Å². The molecule has 2 aliphatic rings. The molecule has 3 heterocycles. The molecule has 0 aromatic carbocycles. The number of amides is 2. The Hall–Kier alpha value is -1.99. The maximum absolute atomic E-state index is 12.7. The van der Waals surface area contributed by atoms with Gasteiger partial charge in [-0.15, -0.1) is 0 Å². The van der Waals surface area contributed by atoms with Crippen molar-refractivity contribution in [1.29, 1.82) is 0 Å². The number of likely N-dealkylation sites (N-methyl/N-ethyl adjacent to an activating group) is 1. The largest absolute Gasteiger partial charge is 0.373 e. The third-order valence-electron chi connectivity index (χ3n) is 5.30. The minimum Gasteiger partial charge on any atom is -0.373 e. The van der Waals surface area contributed by atoms with Crippen LogP contribution >= 0.6 is 0 Å². The van der Waals surface area contributed by atoms with Crippen LogP contribution in [0.15, 0.2) is 24.4 Å². The van der Waals surface area contributed by atoms with Crippen LogP contribution in [-0.2, 0) is 20.9 Å². The molecule has 26 heavy (non-hydrogen) atoms. The lowest BCUT2D eigenvalue weighted by molar-refractivity contribution is -0.140. The van der Waals surface area contributed by atoms with Crippen LogP contribution < -0.4 is 0 Å². The predicted octanol–water partition coefficient (Wildman–Crippen LogP) is 0.753. The molecule has 1 aromatic rings. The van der Waals surface area contributed by atoms with E-state index in [1.54, 1.807) is 19.0 Å². The number of carbonyl (C=O) groups is 2. The van der Waals surface area contributed by atoms with Gasteiger partial charge in [-0.1, -0.05) is 6.07 Å². The Morgan fingerprint density at radius 3 is 2.69 bits per heavy atom. The number of aromatic nitrogens is 1. The number of pyridine rings is 1. The summed E-state index contributed by atoms with van der Waals surface area (Å²) in [6.07, 6.45) is 3.85. The zero-order chi connectivity index (χ0) is 18.6. The second kappa shape index (κ2) is 8.14. The molecule has 0 N–H and O–H groups in total. The van der Waals surface area contributed by atoms with E-state index in [2.05, 4.69) is 9.88 Å². The van der Waals surface area contributed by atoms with Crippen molar-refractivity contribution in [3.63, 3.8) is 0 Å². The number of hydrogen-bond acceptors (Lipinski definition) is 5. The highest BCUT2D eigenvalue weighted by atomic mass is 16.5. The van der Waals surface area contributed by atoms with Gasteiger partial charge in [-0.3, -0.25) is 19.5 Å². The zero-order valence-corrected chi connectivity index (χ0v) is 15.7. The molecule has 2 aliphatic heterocycles. The van der Waals surface area contributed by atoms with Gasteiger partial charge < -0.3 is 14.5 Å². The fourth-order valence-electron chi connectivity index (χ4n) is 3.57. The average Bonchev–Trinajstić information content (AvgIpc) is 2.77. The van der Waals surface area contributed by atoms with Crippen LogP contribution in [0.4, 0.5) is 0 Å². The first-order valence-corrected chi connectivity index (χ1v) is 9.22. The molecule has 0 unspecified atom stereocenters. The number of hydrogen-bond donors (Lipinski definition) is 0. The monoisotopic (exact) mass is 360 g/mol. The molecule has 0 atom stereocenters. The molecule has 0 saturated carbocycles. The van der Waals surface area contributed by atoms with Crippen LogP contribution in [0.1, 0.15) is 25.0 Å². The van der Waals surface area contributed by atoms with Crippen molar-refractivity contribution in [3.8, 4) is 0 Å². The van der Waals surface area contributed by atoms with E-state index in [9.17, 15) is 9.59 Å². The van der Waals surface area contributed by atoms with Gasteiger partial charge in [-0.05, 0) is 25.0 Å². The molecule has 0 radical (unpaired) electrons. The second-order valence-corrected chi connectivity index (χ2v) is 7.41.